The minimum absolute atomic E-state index is 0.395. The molecule has 4 atom stereocenters. The van der Waals surface area contributed by atoms with Gasteiger partial charge in [0.15, 0.2) is 0 Å². The highest BCUT2D eigenvalue weighted by molar-refractivity contribution is 5.81. The van der Waals surface area contributed by atoms with E-state index in [1.165, 1.54) is 18.2 Å². The monoisotopic (exact) mass is 318 g/mol. The van der Waals surface area contributed by atoms with Gasteiger partial charge in [-0.15, -0.1) is 0 Å². The summed E-state index contributed by atoms with van der Waals surface area (Å²) in [4.78, 5) is 11.6. The van der Waals surface area contributed by atoms with Gasteiger partial charge in [0.1, 0.15) is 35.7 Å². The van der Waals surface area contributed by atoms with Gasteiger partial charge < -0.3 is 24.5 Å². The molecule has 1 aromatic heterocycles. The second-order valence-corrected chi connectivity index (χ2v) is 5.54. The van der Waals surface area contributed by atoms with E-state index >= 15 is 0 Å². The molecule has 2 aromatic rings. The summed E-state index contributed by atoms with van der Waals surface area (Å²) >= 11 is 0. The van der Waals surface area contributed by atoms with Crippen molar-refractivity contribution in [2.45, 2.75) is 37.8 Å². The molecule has 1 aromatic carbocycles. The summed E-state index contributed by atoms with van der Waals surface area (Å²) in [5.41, 5.74) is 0.864. The summed E-state index contributed by atoms with van der Waals surface area (Å²) in [7, 11) is 0. The van der Waals surface area contributed by atoms with Gasteiger partial charge in [-0.25, -0.2) is 4.79 Å². The standard InChI is InChI=1S/C17H18O6/c1-2-9-7-15(19)23-14-8-10(3-4-11(9)14)22-13-6-5-12(18)16(20)17(13)21/h3-8,12-13,16-18,20-21H,2H2,1H3/t12-,13-,16+,17+/m1/s1. The number of aliphatic hydroxyl groups excluding tert-OH is 3. The molecule has 6 nitrogen and oxygen atoms in total. The Morgan fingerprint density at radius 2 is 1.91 bits per heavy atom. The first-order valence-electron chi connectivity index (χ1n) is 7.45. The number of fused-ring (bicyclic) bond motifs is 1. The van der Waals surface area contributed by atoms with Crippen LogP contribution in [0.2, 0.25) is 0 Å². The quantitative estimate of drug-likeness (QED) is 0.570. The third kappa shape index (κ3) is 3.01. The zero-order chi connectivity index (χ0) is 16.6. The second-order valence-electron chi connectivity index (χ2n) is 5.54. The molecule has 0 amide bonds. The highest BCUT2D eigenvalue weighted by atomic mass is 16.5. The predicted octanol–water partition coefficient (Wildman–Crippen LogP) is 0.755. The lowest BCUT2D eigenvalue weighted by Gasteiger charge is -2.31. The lowest BCUT2D eigenvalue weighted by Crippen LogP contribution is -2.48. The van der Waals surface area contributed by atoms with E-state index in [0.717, 1.165) is 10.9 Å². The molecule has 23 heavy (non-hydrogen) atoms. The van der Waals surface area contributed by atoms with Crippen molar-refractivity contribution < 1.29 is 24.5 Å². The Morgan fingerprint density at radius 3 is 2.65 bits per heavy atom. The predicted molar refractivity (Wildman–Crippen MR) is 83.4 cm³/mol. The molecule has 0 bridgehead atoms. The summed E-state index contributed by atoms with van der Waals surface area (Å²) in [6.07, 6.45) is -0.909. The first-order chi connectivity index (χ1) is 11.0. The van der Waals surface area contributed by atoms with Gasteiger partial charge in [0.25, 0.3) is 0 Å². The Morgan fingerprint density at radius 1 is 1.13 bits per heavy atom. The van der Waals surface area contributed by atoms with Crippen molar-refractivity contribution in [3.05, 3.63) is 52.4 Å². The van der Waals surface area contributed by atoms with E-state index in [9.17, 15) is 20.1 Å². The number of ether oxygens (including phenoxy) is 1. The van der Waals surface area contributed by atoms with E-state index in [0.29, 0.717) is 17.8 Å². The van der Waals surface area contributed by atoms with Crippen molar-refractivity contribution in [3.63, 3.8) is 0 Å². The van der Waals surface area contributed by atoms with Crippen LogP contribution in [-0.4, -0.2) is 39.7 Å². The Bertz CT molecular complexity index is 793. The van der Waals surface area contributed by atoms with Crippen molar-refractivity contribution in [2.24, 2.45) is 0 Å². The fraction of sp³-hybridized carbons (Fsp3) is 0.353. The second kappa shape index (κ2) is 6.16. The third-order valence-corrected chi connectivity index (χ3v) is 3.99. The first kappa shape index (κ1) is 15.7. The SMILES string of the molecule is CCc1cc(=O)oc2cc(O[C@@H]3C=C[C@@H](O)[C@H](O)[C@H]3O)ccc12. The summed E-state index contributed by atoms with van der Waals surface area (Å²) in [6.45, 7) is 1.95. The number of aryl methyl sites for hydroxylation is 1. The van der Waals surface area contributed by atoms with E-state index < -0.39 is 30.0 Å². The average Bonchev–Trinajstić information content (AvgIpc) is 2.54. The highest BCUT2D eigenvalue weighted by Crippen LogP contribution is 2.26. The fourth-order valence-electron chi connectivity index (χ4n) is 2.69. The van der Waals surface area contributed by atoms with Crippen LogP contribution in [0.25, 0.3) is 11.0 Å². The average molecular weight is 318 g/mol. The van der Waals surface area contributed by atoms with Crippen LogP contribution in [0, 0.1) is 0 Å². The molecular weight excluding hydrogens is 300 g/mol. The summed E-state index contributed by atoms with van der Waals surface area (Å²) in [5, 5.41) is 29.9. The number of benzene rings is 1. The summed E-state index contributed by atoms with van der Waals surface area (Å²) in [5.74, 6) is 0.395. The zero-order valence-electron chi connectivity index (χ0n) is 12.5. The van der Waals surface area contributed by atoms with Crippen LogP contribution < -0.4 is 10.4 Å². The van der Waals surface area contributed by atoms with Gasteiger partial charge in [-0.2, -0.15) is 0 Å². The Kier molecular flexibility index (Phi) is 4.21. The fourth-order valence-corrected chi connectivity index (χ4v) is 2.69. The maximum Gasteiger partial charge on any atom is 0.336 e. The molecule has 1 aliphatic carbocycles. The Balaban J connectivity index is 1.92. The van der Waals surface area contributed by atoms with Crippen LogP contribution in [0.1, 0.15) is 12.5 Å². The Labute approximate surface area is 132 Å². The summed E-state index contributed by atoms with van der Waals surface area (Å²) in [6, 6.07) is 6.54. The molecule has 0 aliphatic heterocycles. The van der Waals surface area contributed by atoms with Gasteiger partial charge in [-0.05, 0) is 30.2 Å². The molecule has 3 N–H and O–H groups in total. The molecule has 1 aliphatic rings. The number of hydrogen-bond acceptors (Lipinski definition) is 6. The molecule has 1 heterocycles. The molecule has 0 radical (unpaired) electrons. The van der Waals surface area contributed by atoms with E-state index in [1.54, 1.807) is 18.2 Å². The van der Waals surface area contributed by atoms with Crippen LogP contribution >= 0.6 is 0 Å². The van der Waals surface area contributed by atoms with Crippen LogP contribution in [-0.2, 0) is 6.42 Å². The molecule has 0 saturated heterocycles. The van der Waals surface area contributed by atoms with Gasteiger partial charge >= 0.3 is 5.63 Å². The maximum atomic E-state index is 11.6. The van der Waals surface area contributed by atoms with Gasteiger partial charge in [-0.3, -0.25) is 0 Å². The van der Waals surface area contributed by atoms with Gasteiger partial charge in [0.2, 0.25) is 0 Å². The van der Waals surface area contributed by atoms with Crippen LogP contribution in [0.5, 0.6) is 5.75 Å². The largest absolute Gasteiger partial charge is 0.483 e. The van der Waals surface area contributed by atoms with Crippen molar-refractivity contribution in [3.8, 4) is 5.75 Å². The van der Waals surface area contributed by atoms with Crippen molar-refractivity contribution in [2.75, 3.05) is 0 Å². The number of aliphatic hydroxyl groups is 3. The Hall–Kier alpha value is -2.15. The molecule has 0 unspecified atom stereocenters. The lowest BCUT2D eigenvalue weighted by molar-refractivity contribution is -0.0822. The number of hydrogen-bond donors (Lipinski definition) is 3. The van der Waals surface area contributed by atoms with Gasteiger partial charge in [-0.1, -0.05) is 13.0 Å². The van der Waals surface area contributed by atoms with E-state index in [1.807, 2.05) is 6.92 Å². The van der Waals surface area contributed by atoms with Gasteiger partial charge in [0, 0.05) is 17.5 Å². The number of rotatable bonds is 3. The molecule has 3 rings (SSSR count). The molecular formula is C17H18O6. The van der Waals surface area contributed by atoms with Crippen LogP contribution in [0.15, 0.2) is 45.6 Å². The van der Waals surface area contributed by atoms with Crippen molar-refractivity contribution >= 4 is 11.0 Å². The van der Waals surface area contributed by atoms with E-state index in [4.69, 9.17) is 9.15 Å². The summed E-state index contributed by atoms with van der Waals surface area (Å²) < 4.78 is 10.8. The van der Waals surface area contributed by atoms with Crippen molar-refractivity contribution in [1.82, 2.24) is 0 Å². The highest BCUT2D eigenvalue weighted by Gasteiger charge is 2.34. The topological polar surface area (TPSA) is 100 Å². The molecule has 0 saturated carbocycles. The van der Waals surface area contributed by atoms with E-state index in [2.05, 4.69) is 0 Å². The molecule has 6 heteroatoms. The van der Waals surface area contributed by atoms with Crippen LogP contribution in [0.4, 0.5) is 0 Å². The lowest BCUT2D eigenvalue weighted by atomic mass is 9.96. The normalized spacial score (nSPS) is 27.3. The van der Waals surface area contributed by atoms with E-state index in [-0.39, 0.29) is 0 Å². The first-order valence-corrected chi connectivity index (χ1v) is 7.45. The zero-order valence-corrected chi connectivity index (χ0v) is 12.5. The van der Waals surface area contributed by atoms with Crippen molar-refractivity contribution in [1.29, 1.82) is 0 Å². The smallest absolute Gasteiger partial charge is 0.336 e. The van der Waals surface area contributed by atoms with Gasteiger partial charge in [0.05, 0.1) is 0 Å². The molecule has 0 spiro atoms. The minimum atomic E-state index is -1.31. The molecule has 0 fully saturated rings. The molecule has 122 valence electrons. The third-order valence-electron chi connectivity index (χ3n) is 3.99. The maximum absolute atomic E-state index is 11.6. The van der Waals surface area contributed by atoms with Crippen LogP contribution in [0.3, 0.4) is 0 Å². The minimum Gasteiger partial charge on any atom is -0.483 e.